The smallest absolute Gasteiger partial charge is 0.128 e. The Morgan fingerprint density at radius 1 is 1.22 bits per heavy atom. The number of nitriles is 1. The molecule has 1 aromatic carbocycles. The number of nitrogens with zero attached hydrogens (tertiary/aromatic N) is 3. The first kappa shape index (κ1) is 15.1. The lowest BCUT2D eigenvalue weighted by molar-refractivity contribution is 0.830. The molecule has 3 rings (SSSR count). The third-order valence-electron chi connectivity index (χ3n) is 4.15. The third kappa shape index (κ3) is 2.44. The van der Waals surface area contributed by atoms with E-state index >= 15 is 0 Å². The summed E-state index contributed by atoms with van der Waals surface area (Å²) in [6.07, 6.45) is 2.93. The van der Waals surface area contributed by atoms with Gasteiger partial charge in [0.15, 0.2) is 0 Å². The maximum absolute atomic E-state index is 9.54. The van der Waals surface area contributed by atoms with Crippen LogP contribution in [0, 0.1) is 11.3 Å². The number of aromatic nitrogens is 1. The number of hydrogen-bond donors (Lipinski definition) is 1. The number of rotatable bonds is 4. The largest absolute Gasteiger partial charge is 0.384 e. The van der Waals surface area contributed by atoms with E-state index in [2.05, 4.69) is 31.0 Å². The van der Waals surface area contributed by atoms with Gasteiger partial charge >= 0.3 is 0 Å². The number of fused-ring (bicyclic) bond motifs is 1. The number of aliphatic imine (C=N–C) groups is 1. The monoisotopic (exact) mass is 304 g/mol. The van der Waals surface area contributed by atoms with Crippen LogP contribution in [0.4, 0.5) is 5.69 Å². The van der Waals surface area contributed by atoms with Gasteiger partial charge < -0.3 is 5.73 Å². The Morgan fingerprint density at radius 3 is 2.57 bits per heavy atom. The Balaban J connectivity index is 2.22. The summed E-state index contributed by atoms with van der Waals surface area (Å²) in [5.41, 5.74) is 11.7. The maximum atomic E-state index is 9.54. The second-order valence-corrected chi connectivity index (χ2v) is 5.61. The van der Waals surface area contributed by atoms with Gasteiger partial charge in [0, 0.05) is 5.69 Å². The Morgan fingerprint density at radius 2 is 1.96 bits per heavy atom. The number of benzene rings is 1. The number of allylic oxidation sites excluding steroid dienone is 1. The van der Waals surface area contributed by atoms with Crippen molar-refractivity contribution >= 4 is 17.2 Å². The zero-order valence-corrected chi connectivity index (χ0v) is 13.5. The summed E-state index contributed by atoms with van der Waals surface area (Å²) < 4.78 is 2.02. The highest BCUT2D eigenvalue weighted by atomic mass is 15.1. The topological polar surface area (TPSA) is 67.1 Å². The highest BCUT2D eigenvalue weighted by Crippen LogP contribution is 2.32. The quantitative estimate of drug-likeness (QED) is 0.933. The molecule has 0 fully saturated rings. The van der Waals surface area contributed by atoms with E-state index in [4.69, 9.17) is 5.73 Å². The highest BCUT2D eigenvalue weighted by molar-refractivity contribution is 6.21. The first-order valence-corrected chi connectivity index (χ1v) is 7.99. The van der Waals surface area contributed by atoms with E-state index in [1.165, 1.54) is 11.3 Å². The van der Waals surface area contributed by atoms with E-state index in [9.17, 15) is 5.26 Å². The van der Waals surface area contributed by atoms with E-state index in [0.717, 1.165) is 30.6 Å². The van der Waals surface area contributed by atoms with E-state index < -0.39 is 0 Å². The molecule has 23 heavy (non-hydrogen) atoms. The van der Waals surface area contributed by atoms with Gasteiger partial charge in [0.2, 0.25) is 0 Å². The lowest BCUT2D eigenvalue weighted by atomic mass is 10.1. The van der Waals surface area contributed by atoms with E-state index in [1.54, 1.807) is 0 Å². The molecule has 2 aromatic rings. The second kappa shape index (κ2) is 6.13. The summed E-state index contributed by atoms with van der Waals surface area (Å²) in [6, 6.07) is 14.0. The van der Waals surface area contributed by atoms with E-state index in [-0.39, 0.29) is 0 Å². The molecule has 2 heterocycles. The average molecular weight is 304 g/mol. The van der Waals surface area contributed by atoms with Crippen LogP contribution < -0.4 is 5.73 Å². The molecule has 0 saturated carbocycles. The predicted molar refractivity (Wildman–Crippen MR) is 93.5 cm³/mol. The normalized spacial score (nSPS) is 15.1. The van der Waals surface area contributed by atoms with Crippen molar-refractivity contribution in [1.29, 1.82) is 5.26 Å². The lowest BCUT2D eigenvalue weighted by Crippen LogP contribution is -2.09. The first-order chi connectivity index (χ1) is 11.2. The molecule has 0 aliphatic carbocycles. The SMILES string of the molecule is CCCc1c(CC)cc2n1C(N)=C(C#N)C2=Nc1ccccc1. The number of nitrogens with two attached hydrogens (primary N) is 1. The number of hydrogen-bond acceptors (Lipinski definition) is 3. The fourth-order valence-corrected chi connectivity index (χ4v) is 3.08. The molecule has 2 N–H and O–H groups in total. The Hall–Kier alpha value is -2.80. The van der Waals surface area contributed by atoms with Crippen molar-refractivity contribution in [2.45, 2.75) is 33.1 Å². The minimum absolute atomic E-state index is 0.462. The van der Waals surface area contributed by atoms with Crippen LogP contribution in [0.15, 0.2) is 47.0 Å². The van der Waals surface area contributed by atoms with Crippen LogP contribution >= 0.6 is 0 Å². The molecule has 1 aromatic heterocycles. The van der Waals surface area contributed by atoms with E-state index in [0.29, 0.717) is 17.1 Å². The zero-order valence-electron chi connectivity index (χ0n) is 13.5. The molecule has 116 valence electrons. The maximum Gasteiger partial charge on any atom is 0.128 e. The standard InChI is InChI=1S/C19H20N4/c1-3-8-16-13(4-2)11-17-18(15(12-20)19(21)23(16)17)22-14-9-6-5-7-10-14/h5-7,9-11H,3-4,8,21H2,1-2H3. The summed E-state index contributed by atoms with van der Waals surface area (Å²) in [7, 11) is 0. The van der Waals surface area contributed by atoms with Gasteiger partial charge in [-0.25, -0.2) is 4.99 Å². The van der Waals surface area contributed by atoms with Crippen molar-refractivity contribution in [3.05, 3.63) is 58.9 Å². The van der Waals surface area contributed by atoms with Gasteiger partial charge in [-0.3, -0.25) is 4.57 Å². The van der Waals surface area contributed by atoms with Crippen LogP contribution in [-0.2, 0) is 12.8 Å². The van der Waals surface area contributed by atoms with Crippen molar-refractivity contribution < 1.29 is 0 Å². The summed E-state index contributed by atoms with van der Waals surface area (Å²) >= 11 is 0. The molecule has 4 nitrogen and oxygen atoms in total. The minimum atomic E-state index is 0.462. The minimum Gasteiger partial charge on any atom is -0.384 e. The van der Waals surface area contributed by atoms with Gasteiger partial charge in [-0.1, -0.05) is 38.5 Å². The van der Waals surface area contributed by atoms with Crippen LogP contribution in [0.2, 0.25) is 0 Å². The van der Waals surface area contributed by atoms with Crippen LogP contribution in [0.25, 0.3) is 5.82 Å². The number of aryl methyl sites for hydroxylation is 1. The van der Waals surface area contributed by atoms with Gasteiger partial charge in [-0.2, -0.15) is 5.26 Å². The predicted octanol–water partition coefficient (Wildman–Crippen LogP) is 3.79. The molecular formula is C19H20N4. The van der Waals surface area contributed by atoms with Gasteiger partial charge in [-0.05, 0) is 36.6 Å². The van der Waals surface area contributed by atoms with Crippen LogP contribution in [-0.4, -0.2) is 10.3 Å². The molecule has 0 atom stereocenters. The third-order valence-corrected chi connectivity index (χ3v) is 4.15. The highest BCUT2D eigenvalue weighted by Gasteiger charge is 2.30. The Bertz CT molecular complexity index is 832. The van der Waals surface area contributed by atoms with Crippen molar-refractivity contribution in [3.63, 3.8) is 0 Å². The van der Waals surface area contributed by atoms with Crippen molar-refractivity contribution in [2.75, 3.05) is 0 Å². The number of para-hydroxylation sites is 1. The average Bonchev–Trinajstić information content (AvgIpc) is 3.05. The summed E-state index contributed by atoms with van der Waals surface area (Å²) in [5, 5.41) is 9.54. The Kier molecular flexibility index (Phi) is 4.03. The van der Waals surface area contributed by atoms with Crippen molar-refractivity contribution in [3.8, 4) is 6.07 Å². The zero-order chi connectivity index (χ0) is 16.4. The molecule has 4 heteroatoms. The van der Waals surface area contributed by atoms with Gasteiger partial charge in [0.25, 0.3) is 0 Å². The van der Waals surface area contributed by atoms with Crippen molar-refractivity contribution in [2.24, 2.45) is 10.7 Å². The van der Waals surface area contributed by atoms with Gasteiger partial charge in [-0.15, -0.1) is 0 Å². The summed E-state index contributed by atoms with van der Waals surface area (Å²) in [6.45, 7) is 4.29. The molecule has 0 unspecified atom stereocenters. The summed E-state index contributed by atoms with van der Waals surface area (Å²) in [5.74, 6) is 0.500. The summed E-state index contributed by atoms with van der Waals surface area (Å²) in [4.78, 5) is 4.69. The molecule has 0 saturated heterocycles. The fraction of sp³-hybridized carbons (Fsp3) is 0.263. The molecule has 0 amide bonds. The molecule has 1 aliphatic rings. The molecule has 0 bridgehead atoms. The van der Waals surface area contributed by atoms with Crippen LogP contribution in [0.5, 0.6) is 0 Å². The lowest BCUT2D eigenvalue weighted by Gasteiger charge is -2.08. The molecular weight excluding hydrogens is 284 g/mol. The second-order valence-electron chi connectivity index (χ2n) is 5.61. The van der Waals surface area contributed by atoms with Gasteiger partial charge in [0.1, 0.15) is 23.2 Å². The van der Waals surface area contributed by atoms with Crippen molar-refractivity contribution in [1.82, 2.24) is 4.57 Å². The molecule has 0 spiro atoms. The molecule has 1 aliphatic heterocycles. The molecule has 0 radical (unpaired) electrons. The van der Waals surface area contributed by atoms with Gasteiger partial charge in [0.05, 0.1) is 11.4 Å². The fourth-order valence-electron chi connectivity index (χ4n) is 3.08. The van der Waals surface area contributed by atoms with E-state index in [1.807, 2.05) is 34.9 Å². The first-order valence-electron chi connectivity index (χ1n) is 7.99. The van der Waals surface area contributed by atoms with Crippen LogP contribution in [0.1, 0.15) is 37.2 Å². The Labute approximate surface area is 136 Å². The van der Waals surface area contributed by atoms with Crippen LogP contribution in [0.3, 0.4) is 0 Å².